The minimum absolute atomic E-state index is 0.501. The summed E-state index contributed by atoms with van der Waals surface area (Å²) in [5, 5.41) is 9.84. The Bertz CT molecular complexity index is 392. The van der Waals surface area contributed by atoms with E-state index in [1.807, 2.05) is 12.1 Å². The van der Waals surface area contributed by atoms with E-state index in [1.165, 1.54) is 17.5 Å². The molecule has 1 N–H and O–H groups in total. The smallest absolute Gasteiger partial charge is 0.119 e. The van der Waals surface area contributed by atoms with Gasteiger partial charge in [0.2, 0.25) is 0 Å². The molecule has 0 radical (unpaired) electrons. The Morgan fingerprint density at radius 1 is 1.29 bits per heavy atom. The van der Waals surface area contributed by atoms with Crippen LogP contribution in [0.3, 0.4) is 0 Å². The SMILES string of the molecule is Oc1cccc2c1C1CC=CC(C2)C1. The summed E-state index contributed by atoms with van der Waals surface area (Å²) in [5.74, 6) is 1.78. The van der Waals surface area contributed by atoms with Gasteiger partial charge in [-0.15, -0.1) is 0 Å². The zero-order valence-corrected chi connectivity index (χ0v) is 8.11. The average Bonchev–Trinajstić information content (AvgIpc) is 2.17. The maximum Gasteiger partial charge on any atom is 0.119 e. The number of rotatable bonds is 0. The van der Waals surface area contributed by atoms with Crippen LogP contribution in [0, 0.1) is 5.92 Å². The zero-order valence-electron chi connectivity index (χ0n) is 8.11. The second kappa shape index (κ2) is 2.88. The van der Waals surface area contributed by atoms with Crippen molar-refractivity contribution in [2.45, 2.75) is 25.2 Å². The molecule has 1 heteroatoms. The number of benzene rings is 1. The van der Waals surface area contributed by atoms with Gasteiger partial charge in [-0.1, -0.05) is 24.3 Å². The molecule has 2 aliphatic rings. The Morgan fingerprint density at radius 2 is 2.21 bits per heavy atom. The van der Waals surface area contributed by atoms with Crippen LogP contribution in [-0.4, -0.2) is 5.11 Å². The molecule has 3 rings (SSSR count). The van der Waals surface area contributed by atoms with Crippen molar-refractivity contribution in [1.29, 1.82) is 0 Å². The minimum Gasteiger partial charge on any atom is -0.508 e. The van der Waals surface area contributed by atoms with Gasteiger partial charge in [-0.25, -0.2) is 0 Å². The van der Waals surface area contributed by atoms with E-state index in [-0.39, 0.29) is 0 Å². The normalized spacial score (nSPS) is 28.6. The van der Waals surface area contributed by atoms with Crippen LogP contribution in [-0.2, 0) is 6.42 Å². The Morgan fingerprint density at radius 3 is 3.14 bits per heavy atom. The number of hydrogen-bond donors (Lipinski definition) is 1. The monoisotopic (exact) mass is 186 g/mol. The van der Waals surface area contributed by atoms with Gasteiger partial charge >= 0.3 is 0 Å². The molecule has 2 unspecified atom stereocenters. The second-order valence-electron chi connectivity index (χ2n) is 4.41. The number of allylic oxidation sites excluding steroid dienone is 2. The van der Waals surface area contributed by atoms with Crippen molar-refractivity contribution in [2.24, 2.45) is 5.92 Å². The Kier molecular flexibility index (Phi) is 1.66. The first-order valence-corrected chi connectivity index (χ1v) is 5.32. The number of phenols is 1. The Hall–Kier alpha value is -1.24. The summed E-state index contributed by atoms with van der Waals surface area (Å²) in [5.41, 5.74) is 2.57. The van der Waals surface area contributed by atoms with Crippen molar-refractivity contribution in [3.63, 3.8) is 0 Å². The Labute approximate surface area is 84.1 Å². The van der Waals surface area contributed by atoms with E-state index in [0.717, 1.165) is 12.8 Å². The summed E-state index contributed by atoms with van der Waals surface area (Å²) in [6, 6.07) is 5.93. The number of fused-ring (bicyclic) bond motifs is 4. The molecular formula is C13H14O. The average molecular weight is 186 g/mol. The summed E-state index contributed by atoms with van der Waals surface area (Å²) < 4.78 is 0. The number of aromatic hydroxyl groups is 1. The zero-order chi connectivity index (χ0) is 9.54. The van der Waals surface area contributed by atoms with Crippen LogP contribution in [0.25, 0.3) is 0 Å². The van der Waals surface area contributed by atoms with Crippen molar-refractivity contribution < 1.29 is 5.11 Å². The molecule has 0 heterocycles. The van der Waals surface area contributed by atoms with Crippen molar-refractivity contribution in [2.75, 3.05) is 0 Å². The molecule has 1 nitrogen and oxygen atoms in total. The third kappa shape index (κ3) is 1.08. The fourth-order valence-corrected chi connectivity index (χ4v) is 2.89. The standard InChI is InChI=1S/C13H14O/c14-12-6-2-5-11-8-9-3-1-4-10(7-9)13(11)12/h1-3,5-6,9-10,14H,4,7-8H2. The highest BCUT2D eigenvalue weighted by molar-refractivity contribution is 5.45. The summed E-state index contributed by atoms with van der Waals surface area (Å²) in [6.45, 7) is 0. The van der Waals surface area contributed by atoms with Crippen LogP contribution in [0.15, 0.2) is 30.4 Å². The maximum atomic E-state index is 9.84. The van der Waals surface area contributed by atoms with Gasteiger partial charge in [-0.05, 0) is 42.7 Å². The lowest BCUT2D eigenvalue weighted by Gasteiger charge is -2.33. The van der Waals surface area contributed by atoms with Crippen molar-refractivity contribution in [1.82, 2.24) is 0 Å². The number of hydrogen-bond acceptors (Lipinski definition) is 1. The van der Waals surface area contributed by atoms with Gasteiger partial charge in [0.1, 0.15) is 5.75 Å². The van der Waals surface area contributed by atoms with E-state index >= 15 is 0 Å². The third-order valence-corrected chi connectivity index (χ3v) is 3.48. The molecule has 0 spiro atoms. The lowest BCUT2D eigenvalue weighted by molar-refractivity contribution is 0.411. The van der Waals surface area contributed by atoms with Gasteiger partial charge in [0.25, 0.3) is 0 Å². The summed E-state index contributed by atoms with van der Waals surface area (Å²) in [4.78, 5) is 0. The van der Waals surface area contributed by atoms with Gasteiger partial charge in [0, 0.05) is 5.56 Å². The van der Waals surface area contributed by atoms with E-state index in [2.05, 4.69) is 18.2 Å². The van der Waals surface area contributed by atoms with Gasteiger partial charge in [-0.3, -0.25) is 0 Å². The molecule has 0 saturated carbocycles. The molecule has 2 bridgehead atoms. The van der Waals surface area contributed by atoms with Crippen LogP contribution in [0.2, 0.25) is 0 Å². The largest absolute Gasteiger partial charge is 0.508 e. The third-order valence-electron chi connectivity index (χ3n) is 3.48. The molecule has 1 aromatic carbocycles. The lowest BCUT2D eigenvalue weighted by Crippen LogP contribution is -2.19. The predicted molar refractivity (Wildman–Crippen MR) is 56.4 cm³/mol. The van der Waals surface area contributed by atoms with E-state index in [4.69, 9.17) is 0 Å². The predicted octanol–water partition coefficient (Wildman–Crippen LogP) is 3.00. The molecule has 2 atom stereocenters. The number of phenolic OH excluding ortho intramolecular Hbond substituents is 1. The molecule has 0 aromatic heterocycles. The molecule has 0 saturated heterocycles. The molecule has 0 amide bonds. The Balaban J connectivity index is 2.15. The van der Waals surface area contributed by atoms with Gasteiger partial charge in [-0.2, -0.15) is 0 Å². The van der Waals surface area contributed by atoms with E-state index in [0.29, 0.717) is 17.6 Å². The maximum absolute atomic E-state index is 9.84. The van der Waals surface area contributed by atoms with Crippen molar-refractivity contribution in [3.05, 3.63) is 41.5 Å². The second-order valence-corrected chi connectivity index (χ2v) is 4.41. The van der Waals surface area contributed by atoms with Crippen molar-refractivity contribution >= 4 is 0 Å². The minimum atomic E-state index is 0.501. The molecule has 2 aliphatic carbocycles. The van der Waals surface area contributed by atoms with E-state index < -0.39 is 0 Å². The van der Waals surface area contributed by atoms with Crippen LogP contribution in [0.4, 0.5) is 0 Å². The highest BCUT2D eigenvalue weighted by Gasteiger charge is 2.29. The molecule has 1 aromatic rings. The molecule has 72 valence electrons. The fraction of sp³-hybridized carbons (Fsp3) is 0.385. The first kappa shape index (κ1) is 8.10. The van der Waals surface area contributed by atoms with Gasteiger partial charge in [0.15, 0.2) is 0 Å². The van der Waals surface area contributed by atoms with Crippen LogP contribution in [0.5, 0.6) is 5.75 Å². The highest BCUT2D eigenvalue weighted by atomic mass is 16.3. The van der Waals surface area contributed by atoms with Crippen LogP contribution in [0.1, 0.15) is 29.9 Å². The lowest BCUT2D eigenvalue weighted by atomic mass is 9.72. The van der Waals surface area contributed by atoms with E-state index in [9.17, 15) is 5.11 Å². The molecular weight excluding hydrogens is 172 g/mol. The topological polar surface area (TPSA) is 20.2 Å². The van der Waals surface area contributed by atoms with Crippen LogP contribution < -0.4 is 0 Å². The summed E-state index contributed by atoms with van der Waals surface area (Å²) in [7, 11) is 0. The van der Waals surface area contributed by atoms with E-state index in [1.54, 1.807) is 0 Å². The quantitative estimate of drug-likeness (QED) is 0.617. The van der Waals surface area contributed by atoms with Crippen molar-refractivity contribution in [3.8, 4) is 5.75 Å². The van der Waals surface area contributed by atoms with Crippen LogP contribution >= 0.6 is 0 Å². The summed E-state index contributed by atoms with van der Waals surface area (Å²) >= 11 is 0. The molecule has 14 heavy (non-hydrogen) atoms. The molecule has 0 fully saturated rings. The highest BCUT2D eigenvalue weighted by Crippen LogP contribution is 2.44. The first-order chi connectivity index (χ1) is 6.84. The summed E-state index contributed by atoms with van der Waals surface area (Å²) in [6.07, 6.45) is 8.04. The first-order valence-electron chi connectivity index (χ1n) is 5.32. The van der Waals surface area contributed by atoms with Gasteiger partial charge < -0.3 is 5.11 Å². The van der Waals surface area contributed by atoms with Gasteiger partial charge in [0.05, 0.1) is 0 Å². The molecule has 0 aliphatic heterocycles. The fourth-order valence-electron chi connectivity index (χ4n) is 2.89.